The maximum Gasteiger partial charge on any atom is 0.407 e. The predicted octanol–water partition coefficient (Wildman–Crippen LogP) is 6.44. The highest BCUT2D eigenvalue weighted by Gasteiger charge is 2.29. The van der Waals surface area contributed by atoms with E-state index in [0.717, 1.165) is 27.8 Å². The molecule has 3 aromatic carbocycles. The number of aliphatic carboxylic acids is 1. The number of amides is 1. The molecule has 0 aliphatic heterocycles. The summed E-state index contributed by atoms with van der Waals surface area (Å²) in [7, 11) is 0. The van der Waals surface area contributed by atoms with Crippen LogP contribution in [0.1, 0.15) is 39.5 Å². The lowest BCUT2D eigenvalue weighted by atomic mass is 9.98. The zero-order valence-electron chi connectivity index (χ0n) is 19.7. The van der Waals surface area contributed by atoms with Crippen molar-refractivity contribution in [1.29, 1.82) is 0 Å². The molecule has 0 saturated heterocycles. The number of hydrogen-bond acceptors (Lipinski definition) is 4. The Morgan fingerprint density at radius 1 is 1.00 bits per heavy atom. The summed E-state index contributed by atoms with van der Waals surface area (Å²) in [5.74, 6) is -1.14. The first kappa shape index (κ1) is 23.1. The fraction of sp³-hybridized carbons (Fsp3) is 0.241. The minimum atomic E-state index is -1.07. The van der Waals surface area contributed by atoms with Crippen molar-refractivity contribution >= 4 is 33.5 Å². The number of fused-ring (bicyclic) bond motifs is 4. The molecule has 2 N–H and O–H groups in total. The number of rotatable bonds is 7. The summed E-state index contributed by atoms with van der Waals surface area (Å²) in [5.41, 5.74) is 6.84. The highest BCUT2D eigenvalue weighted by molar-refractivity contribution is 7.19. The topological polar surface area (TPSA) is 75.6 Å². The molecule has 1 amide bonds. The third-order valence-corrected chi connectivity index (χ3v) is 8.08. The normalized spacial score (nSPS) is 13.3. The summed E-state index contributed by atoms with van der Waals surface area (Å²) in [6.45, 7) is 4.37. The van der Waals surface area contributed by atoms with E-state index in [9.17, 15) is 14.7 Å². The van der Waals surface area contributed by atoms with Crippen LogP contribution in [0, 0.1) is 13.8 Å². The van der Waals surface area contributed by atoms with E-state index in [1.54, 1.807) is 11.3 Å². The van der Waals surface area contributed by atoms with Crippen molar-refractivity contribution in [2.45, 2.75) is 38.6 Å². The molecule has 5 nitrogen and oxygen atoms in total. The number of alkyl carbamates (subject to hydrolysis) is 1. The Balaban J connectivity index is 1.22. The van der Waals surface area contributed by atoms with Gasteiger partial charge in [-0.05, 0) is 71.5 Å². The first-order valence-corrected chi connectivity index (χ1v) is 12.6. The van der Waals surface area contributed by atoms with Crippen LogP contribution < -0.4 is 5.32 Å². The van der Waals surface area contributed by atoms with E-state index in [2.05, 4.69) is 55.6 Å². The zero-order chi connectivity index (χ0) is 24.5. The number of aryl methyl sites for hydroxylation is 3. The molecule has 1 aromatic heterocycles. The highest BCUT2D eigenvalue weighted by atomic mass is 32.1. The molecule has 0 radical (unpaired) electrons. The van der Waals surface area contributed by atoms with Gasteiger partial charge in [-0.15, -0.1) is 11.3 Å². The summed E-state index contributed by atoms with van der Waals surface area (Å²) in [5, 5.41) is 13.5. The number of hydrogen-bond donors (Lipinski definition) is 2. The summed E-state index contributed by atoms with van der Waals surface area (Å²) in [4.78, 5) is 25.7. The summed E-state index contributed by atoms with van der Waals surface area (Å²) >= 11 is 1.76. The van der Waals surface area contributed by atoms with Gasteiger partial charge in [0.2, 0.25) is 0 Å². The molecule has 6 heteroatoms. The molecule has 1 unspecified atom stereocenters. The van der Waals surface area contributed by atoms with E-state index < -0.39 is 18.1 Å². The molecule has 1 heterocycles. The van der Waals surface area contributed by atoms with Gasteiger partial charge in [-0.2, -0.15) is 0 Å². The number of carboxylic acid groups (broad SMARTS) is 1. The van der Waals surface area contributed by atoms with E-state index in [1.165, 1.54) is 20.5 Å². The van der Waals surface area contributed by atoms with Crippen molar-refractivity contribution in [3.05, 3.63) is 93.9 Å². The van der Waals surface area contributed by atoms with E-state index >= 15 is 0 Å². The monoisotopic (exact) mass is 485 g/mol. The fourth-order valence-corrected chi connectivity index (χ4v) is 5.95. The van der Waals surface area contributed by atoms with Crippen LogP contribution in [-0.2, 0) is 16.0 Å². The van der Waals surface area contributed by atoms with Crippen LogP contribution in [0.15, 0.2) is 66.7 Å². The molecule has 0 fully saturated rings. The van der Waals surface area contributed by atoms with Gasteiger partial charge in [-0.25, -0.2) is 9.59 Å². The zero-order valence-corrected chi connectivity index (χ0v) is 20.5. The van der Waals surface area contributed by atoms with Crippen LogP contribution in [0.2, 0.25) is 0 Å². The molecule has 4 aromatic rings. The standard InChI is InChI=1S/C29H27NO4S/c1-17-18(2)35-27-14-12-19(15-24(17)27)11-13-26(28(31)32)30-29(33)34-16-25-22-9-5-3-7-20(22)21-8-4-6-10-23(21)25/h3-10,12,14-15,25-26H,11,13,16H2,1-2H3,(H,30,33)(H,31,32). The van der Waals surface area contributed by atoms with Crippen molar-refractivity contribution in [2.24, 2.45) is 0 Å². The van der Waals surface area contributed by atoms with Crippen LogP contribution in [-0.4, -0.2) is 29.8 Å². The number of ether oxygens (including phenoxy) is 1. The lowest BCUT2D eigenvalue weighted by Gasteiger charge is -2.17. The van der Waals surface area contributed by atoms with Gasteiger partial charge in [0.05, 0.1) is 0 Å². The van der Waals surface area contributed by atoms with Gasteiger partial charge in [0.25, 0.3) is 0 Å². The number of thiophene rings is 1. The molecule has 0 bridgehead atoms. The van der Waals surface area contributed by atoms with Gasteiger partial charge in [0.1, 0.15) is 12.6 Å². The molecule has 0 saturated carbocycles. The molecule has 178 valence electrons. The average molecular weight is 486 g/mol. The van der Waals surface area contributed by atoms with Crippen molar-refractivity contribution in [2.75, 3.05) is 6.61 Å². The largest absolute Gasteiger partial charge is 0.480 e. The number of nitrogens with one attached hydrogen (secondary N) is 1. The van der Waals surface area contributed by atoms with E-state index in [-0.39, 0.29) is 18.9 Å². The summed E-state index contributed by atoms with van der Waals surface area (Å²) < 4.78 is 6.77. The lowest BCUT2D eigenvalue weighted by Crippen LogP contribution is -2.41. The number of carboxylic acids is 1. The van der Waals surface area contributed by atoms with E-state index in [4.69, 9.17) is 4.74 Å². The van der Waals surface area contributed by atoms with Gasteiger partial charge in [-0.3, -0.25) is 0 Å². The second-order valence-electron chi connectivity index (χ2n) is 9.01. The Labute approximate surface area is 208 Å². The van der Waals surface area contributed by atoms with Crippen LogP contribution in [0.5, 0.6) is 0 Å². The first-order valence-electron chi connectivity index (χ1n) is 11.8. The maximum absolute atomic E-state index is 12.6. The number of benzene rings is 3. The van der Waals surface area contributed by atoms with Crippen molar-refractivity contribution in [3.63, 3.8) is 0 Å². The number of carbonyl (C=O) groups excluding carboxylic acids is 1. The Kier molecular flexibility index (Phi) is 6.31. The minimum absolute atomic E-state index is 0.0690. The van der Waals surface area contributed by atoms with Crippen molar-refractivity contribution in [1.82, 2.24) is 5.32 Å². The van der Waals surface area contributed by atoms with Crippen LogP contribution in [0.4, 0.5) is 4.79 Å². The molecule has 5 rings (SSSR count). The second kappa shape index (κ2) is 9.55. The Morgan fingerprint density at radius 2 is 1.66 bits per heavy atom. The fourth-order valence-electron chi connectivity index (χ4n) is 4.90. The summed E-state index contributed by atoms with van der Waals surface area (Å²) in [6.07, 6.45) is 0.122. The average Bonchev–Trinajstić information content (AvgIpc) is 3.33. The quantitative estimate of drug-likeness (QED) is 0.316. The van der Waals surface area contributed by atoms with Crippen molar-refractivity contribution < 1.29 is 19.4 Å². The Morgan fingerprint density at radius 3 is 2.31 bits per heavy atom. The van der Waals surface area contributed by atoms with Crippen LogP contribution >= 0.6 is 11.3 Å². The van der Waals surface area contributed by atoms with Crippen LogP contribution in [0.25, 0.3) is 21.2 Å². The van der Waals surface area contributed by atoms with Crippen LogP contribution in [0.3, 0.4) is 0 Å². The van der Waals surface area contributed by atoms with Gasteiger partial charge >= 0.3 is 12.1 Å². The van der Waals surface area contributed by atoms with Gasteiger partial charge in [0.15, 0.2) is 0 Å². The SMILES string of the molecule is Cc1sc2ccc(CCC(NC(=O)OCC3c4ccccc4-c4ccccc43)C(=O)O)cc2c1C. The number of carbonyl (C=O) groups is 2. The summed E-state index contributed by atoms with van der Waals surface area (Å²) in [6, 6.07) is 21.4. The molecule has 1 aliphatic carbocycles. The van der Waals surface area contributed by atoms with Crippen molar-refractivity contribution in [3.8, 4) is 11.1 Å². The van der Waals surface area contributed by atoms with E-state index in [0.29, 0.717) is 6.42 Å². The Hall–Kier alpha value is -3.64. The van der Waals surface area contributed by atoms with Gasteiger partial charge in [0, 0.05) is 15.5 Å². The highest BCUT2D eigenvalue weighted by Crippen LogP contribution is 2.44. The minimum Gasteiger partial charge on any atom is -0.480 e. The lowest BCUT2D eigenvalue weighted by molar-refractivity contribution is -0.139. The molecular weight excluding hydrogens is 458 g/mol. The molecule has 0 spiro atoms. The first-order chi connectivity index (χ1) is 16.9. The third-order valence-electron chi connectivity index (χ3n) is 6.89. The van der Waals surface area contributed by atoms with Gasteiger partial charge in [-0.1, -0.05) is 60.7 Å². The molecule has 1 aliphatic rings. The molecule has 1 atom stereocenters. The third kappa shape index (κ3) is 4.54. The maximum atomic E-state index is 12.6. The molecular formula is C29H27NO4S. The second-order valence-corrected chi connectivity index (χ2v) is 10.3. The van der Waals surface area contributed by atoms with E-state index in [1.807, 2.05) is 30.3 Å². The van der Waals surface area contributed by atoms with Gasteiger partial charge < -0.3 is 15.2 Å². The Bertz CT molecular complexity index is 1380. The predicted molar refractivity (Wildman–Crippen MR) is 139 cm³/mol. The molecule has 35 heavy (non-hydrogen) atoms. The smallest absolute Gasteiger partial charge is 0.407 e.